The summed E-state index contributed by atoms with van der Waals surface area (Å²) in [6.07, 6.45) is 1.59. The average molecular weight is 290 g/mol. The summed E-state index contributed by atoms with van der Waals surface area (Å²) < 4.78 is 0. The molecular weight excluding hydrogens is 272 g/mol. The maximum absolute atomic E-state index is 11.8. The first-order valence-electron chi connectivity index (χ1n) is 6.33. The van der Waals surface area contributed by atoms with E-state index >= 15 is 0 Å². The van der Waals surface area contributed by atoms with Crippen LogP contribution in [0.15, 0.2) is 23.7 Å². The molecule has 0 fully saturated rings. The summed E-state index contributed by atoms with van der Waals surface area (Å²) in [5.41, 5.74) is 1.61. The lowest BCUT2D eigenvalue weighted by Gasteiger charge is -2.13. The van der Waals surface area contributed by atoms with Crippen molar-refractivity contribution in [2.24, 2.45) is 0 Å². The van der Waals surface area contributed by atoms with E-state index in [2.05, 4.69) is 15.3 Å². The van der Waals surface area contributed by atoms with Crippen LogP contribution in [-0.2, 0) is 0 Å². The Morgan fingerprint density at radius 3 is 2.65 bits per heavy atom. The lowest BCUT2D eigenvalue weighted by atomic mass is 10.2. The van der Waals surface area contributed by atoms with Gasteiger partial charge in [0.2, 0.25) is 0 Å². The van der Waals surface area contributed by atoms with Crippen LogP contribution in [0.5, 0.6) is 0 Å². The number of hydrogen-bond acceptors (Lipinski definition) is 5. The molecule has 2 heterocycles. The molecule has 2 rings (SSSR count). The van der Waals surface area contributed by atoms with Crippen LogP contribution in [0.4, 0.5) is 5.82 Å². The highest BCUT2D eigenvalue weighted by Crippen LogP contribution is 2.21. The van der Waals surface area contributed by atoms with Gasteiger partial charge in [-0.25, -0.2) is 9.97 Å². The monoisotopic (exact) mass is 290 g/mol. The Balaban J connectivity index is 2.05. The molecule has 1 unspecified atom stereocenters. The normalized spacial score (nSPS) is 12.0. The van der Waals surface area contributed by atoms with E-state index in [0.717, 1.165) is 16.5 Å². The molecule has 0 aliphatic heterocycles. The summed E-state index contributed by atoms with van der Waals surface area (Å²) in [5, 5.41) is 6.33. The number of carbonyl (C=O) groups excluding carboxylic acids is 1. The minimum Gasteiger partial charge on any atom is -0.361 e. The van der Waals surface area contributed by atoms with Gasteiger partial charge in [-0.3, -0.25) is 4.79 Å². The number of anilines is 1. The molecule has 1 amide bonds. The predicted molar refractivity (Wildman–Crippen MR) is 81.1 cm³/mol. The minimum absolute atomic E-state index is 0.0485. The van der Waals surface area contributed by atoms with E-state index in [9.17, 15) is 4.79 Å². The van der Waals surface area contributed by atoms with Gasteiger partial charge in [-0.1, -0.05) is 0 Å². The summed E-state index contributed by atoms with van der Waals surface area (Å²) in [6, 6.07) is 3.68. The first kappa shape index (κ1) is 14.5. The zero-order valence-corrected chi connectivity index (χ0v) is 12.9. The smallest absolute Gasteiger partial charge is 0.254 e. The highest BCUT2D eigenvalue weighted by Gasteiger charge is 2.11. The Hall–Kier alpha value is -1.95. The number of amides is 1. The van der Waals surface area contributed by atoms with Crippen LogP contribution < -0.4 is 5.32 Å². The maximum Gasteiger partial charge on any atom is 0.254 e. The van der Waals surface area contributed by atoms with E-state index in [-0.39, 0.29) is 11.9 Å². The summed E-state index contributed by atoms with van der Waals surface area (Å²) in [6.45, 7) is 4.02. The van der Waals surface area contributed by atoms with Crippen molar-refractivity contribution in [3.63, 3.8) is 0 Å². The standard InChI is InChI=1S/C14H18N4OS/c1-9-8-20-13(16-9)10(2)17-12-6-5-11(7-15-12)14(19)18(3)4/h5-8,10H,1-4H3,(H,15,17). The maximum atomic E-state index is 11.8. The van der Waals surface area contributed by atoms with E-state index in [1.807, 2.05) is 25.3 Å². The molecule has 0 bridgehead atoms. The molecule has 2 aromatic heterocycles. The van der Waals surface area contributed by atoms with Gasteiger partial charge in [0.15, 0.2) is 0 Å². The van der Waals surface area contributed by atoms with Gasteiger partial charge in [-0.15, -0.1) is 11.3 Å². The Bertz CT molecular complexity index is 591. The van der Waals surface area contributed by atoms with Crippen LogP contribution in [0.25, 0.3) is 0 Å². The Morgan fingerprint density at radius 2 is 2.15 bits per heavy atom. The van der Waals surface area contributed by atoms with Gasteiger partial charge in [0, 0.05) is 31.4 Å². The number of pyridine rings is 1. The lowest BCUT2D eigenvalue weighted by Crippen LogP contribution is -2.21. The molecule has 0 aromatic carbocycles. The number of carbonyl (C=O) groups is 1. The Morgan fingerprint density at radius 1 is 1.40 bits per heavy atom. The molecule has 2 aromatic rings. The molecule has 5 nitrogen and oxygen atoms in total. The van der Waals surface area contributed by atoms with Crippen molar-refractivity contribution in [3.05, 3.63) is 40.0 Å². The second-order valence-electron chi connectivity index (χ2n) is 4.82. The van der Waals surface area contributed by atoms with E-state index < -0.39 is 0 Å². The molecule has 0 saturated heterocycles. The SMILES string of the molecule is Cc1csc(C(C)Nc2ccc(C(=O)N(C)C)cn2)n1. The third-order valence-electron chi connectivity index (χ3n) is 2.79. The molecule has 0 spiro atoms. The molecule has 6 heteroatoms. The van der Waals surface area contributed by atoms with Crippen molar-refractivity contribution in [1.29, 1.82) is 0 Å². The predicted octanol–water partition coefficient (Wildman–Crippen LogP) is 2.72. The van der Waals surface area contributed by atoms with E-state index in [1.165, 1.54) is 4.90 Å². The Labute approximate surface area is 122 Å². The molecule has 0 radical (unpaired) electrons. The number of nitrogens with one attached hydrogen (secondary N) is 1. The number of hydrogen-bond donors (Lipinski definition) is 1. The summed E-state index contributed by atoms with van der Waals surface area (Å²) in [4.78, 5) is 22.0. The average Bonchev–Trinajstić information content (AvgIpc) is 2.85. The summed E-state index contributed by atoms with van der Waals surface area (Å²) in [5.74, 6) is 0.688. The third kappa shape index (κ3) is 3.33. The van der Waals surface area contributed by atoms with Gasteiger partial charge in [0.25, 0.3) is 5.91 Å². The fourth-order valence-corrected chi connectivity index (χ4v) is 2.52. The topological polar surface area (TPSA) is 58.1 Å². The number of aryl methyl sites for hydroxylation is 1. The number of thiazole rings is 1. The van der Waals surface area contributed by atoms with Crippen LogP contribution in [0.1, 0.15) is 34.0 Å². The highest BCUT2D eigenvalue weighted by atomic mass is 32.1. The number of aromatic nitrogens is 2. The fourth-order valence-electron chi connectivity index (χ4n) is 1.72. The van der Waals surface area contributed by atoms with Crippen molar-refractivity contribution >= 4 is 23.1 Å². The molecule has 1 N–H and O–H groups in total. The van der Waals surface area contributed by atoms with Gasteiger partial charge >= 0.3 is 0 Å². The highest BCUT2D eigenvalue weighted by molar-refractivity contribution is 7.09. The molecule has 106 valence electrons. The van der Waals surface area contributed by atoms with Crippen LogP contribution >= 0.6 is 11.3 Å². The zero-order valence-electron chi connectivity index (χ0n) is 12.0. The first-order chi connectivity index (χ1) is 9.47. The number of rotatable bonds is 4. The first-order valence-corrected chi connectivity index (χ1v) is 7.21. The second kappa shape index (κ2) is 6.00. The lowest BCUT2D eigenvalue weighted by molar-refractivity contribution is 0.0827. The molecule has 0 aliphatic rings. The second-order valence-corrected chi connectivity index (χ2v) is 5.71. The molecular formula is C14H18N4OS. The van der Waals surface area contributed by atoms with Crippen molar-refractivity contribution in [3.8, 4) is 0 Å². The van der Waals surface area contributed by atoms with Crippen molar-refractivity contribution in [2.75, 3.05) is 19.4 Å². The third-order valence-corrected chi connectivity index (χ3v) is 3.93. The van der Waals surface area contributed by atoms with Crippen molar-refractivity contribution in [2.45, 2.75) is 19.9 Å². The largest absolute Gasteiger partial charge is 0.361 e. The van der Waals surface area contributed by atoms with Gasteiger partial charge in [0.05, 0.1) is 11.6 Å². The fraction of sp³-hybridized carbons (Fsp3) is 0.357. The quantitative estimate of drug-likeness (QED) is 0.940. The molecule has 20 heavy (non-hydrogen) atoms. The number of nitrogens with zero attached hydrogens (tertiary/aromatic N) is 3. The molecule has 1 atom stereocenters. The van der Waals surface area contributed by atoms with Crippen molar-refractivity contribution < 1.29 is 4.79 Å². The van der Waals surface area contributed by atoms with Crippen LogP contribution in [0.3, 0.4) is 0 Å². The van der Waals surface area contributed by atoms with E-state index in [4.69, 9.17) is 0 Å². The van der Waals surface area contributed by atoms with E-state index in [0.29, 0.717) is 5.56 Å². The van der Waals surface area contributed by atoms with Gasteiger partial charge in [0.1, 0.15) is 10.8 Å². The Kier molecular flexibility index (Phi) is 4.34. The van der Waals surface area contributed by atoms with Gasteiger partial charge in [-0.2, -0.15) is 0 Å². The van der Waals surface area contributed by atoms with Gasteiger partial charge in [-0.05, 0) is 26.0 Å². The van der Waals surface area contributed by atoms with Crippen molar-refractivity contribution in [1.82, 2.24) is 14.9 Å². The summed E-state index contributed by atoms with van der Waals surface area (Å²) >= 11 is 1.63. The zero-order chi connectivity index (χ0) is 14.7. The van der Waals surface area contributed by atoms with E-state index in [1.54, 1.807) is 37.7 Å². The molecule has 0 saturated carbocycles. The van der Waals surface area contributed by atoms with Crippen LogP contribution in [0.2, 0.25) is 0 Å². The minimum atomic E-state index is -0.0485. The van der Waals surface area contributed by atoms with Crippen LogP contribution in [0, 0.1) is 6.92 Å². The van der Waals surface area contributed by atoms with Crippen LogP contribution in [-0.4, -0.2) is 34.9 Å². The summed E-state index contributed by atoms with van der Waals surface area (Å²) in [7, 11) is 3.45. The molecule has 0 aliphatic carbocycles. The van der Waals surface area contributed by atoms with Gasteiger partial charge < -0.3 is 10.2 Å².